The molecule has 0 saturated carbocycles. The lowest BCUT2D eigenvalue weighted by Gasteiger charge is -2.13. The standard InChI is InChI=1S/C15H17NO2/c1-11-9-12(7-8-16-11)14(17)10-13-5-3-4-6-15(13)18-2/h3-9,14,17H,10H2,1-2H3. The molecule has 0 spiro atoms. The van der Waals surface area contributed by atoms with E-state index in [0.29, 0.717) is 6.42 Å². The molecule has 2 rings (SSSR count). The molecule has 0 aliphatic carbocycles. The Bertz CT molecular complexity index is 525. The van der Waals surface area contributed by atoms with Crippen LogP contribution < -0.4 is 4.74 Å². The molecule has 1 heterocycles. The lowest BCUT2D eigenvalue weighted by Crippen LogP contribution is -2.04. The number of aliphatic hydroxyl groups is 1. The van der Waals surface area contributed by atoms with Crippen molar-refractivity contribution in [3.05, 3.63) is 59.4 Å². The van der Waals surface area contributed by atoms with Crippen molar-refractivity contribution in [1.29, 1.82) is 0 Å². The number of aryl methyl sites for hydroxylation is 1. The van der Waals surface area contributed by atoms with Crippen LogP contribution in [0.5, 0.6) is 5.75 Å². The largest absolute Gasteiger partial charge is 0.496 e. The predicted molar refractivity (Wildman–Crippen MR) is 70.6 cm³/mol. The van der Waals surface area contributed by atoms with Gasteiger partial charge in [0.1, 0.15) is 5.75 Å². The van der Waals surface area contributed by atoms with Crippen LogP contribution in [-0.2, 0) is 6.42 Å². The Hall–Kier alpha value is -1.87. The van der Waals surface area contributed by atoms with Crippen LogP contribution in [0.25, 0.3) is 0 Å². The van der Waals surface area contributed by atoms with Crippen LogP contribution in [0, 0.1) is 6.92 Å². The lowest BCUT2D eigenvalue weighted by molar-refractivity contribution is 0.177. The highest BCUT2D eigenvalue weighted by molar-refractivity contribution is 5.34. The summed E-state index contributed by atoms with van der Waals surface area (Å²) in [5, 5.41) is 10.2. The number of rotatable bonds is 4. The lowest BCUT2D eigenvalue weighted by atomic mass is 10.0. The zero-order chi connectivity index (χ0) is 13.0. The smallest absolute Gasteiger partial charge is 0.122 e. The molecule has 1 aromatic carbocycles. The Morgan fingerprint density at radius 2 is 2.06 bits per heavy atom. The van der Waals surface area contributed by atoms with E-state index < -0.39 is 6.10 Å². The van der Waals surface area contributed by atoms with Crippen LogP contribution in [0.3, 0.4) is 0 Å². The number of benzene rings is 1. The van der Waals surface area contributed by atoms with E-state index in [1.54, 1.807) is 13.3 Å². The van der Waals surface area contributed by atoms with Crippen molar-refractivity contribution in [3.63, 3.8) is 0 Å². The van der Waals surface area contributed by atoms with Gasteiger partial charge in [0.15, 0.2) is 0 Å². The molecule has 0 bridgehead atoms. The maximum absolute atomic E-state index is 10.2. The van der Waals surface area contributed by atoms with Gasteiger partial charge in [0.25, 0.3) is 0 Å². The summed E-state index contributed by atoms with van der Waals surface area (Å²) in [6.45, 7) is 1.92. The average molecular weight is 243 g/mol. The highest BCUT2D eigenvalue weighted by Crippen LogP contribution is 2.24. The van der Waals surface area contributed by atoms with Gasteiger partial charge >= 0.3 is 0 Å². The third-order valence-corrected chi connectivity index (χ3v) is 2.91. The summed E-state index contributed by atoms with van der Waals surface area (Å²) in [5.41, 5.74) is 2.79. The van der Waals surface area contributed by atoms with E-state index >= 15 is 0 Å². The molecule has 1 atom stereocenters. The molecule has 18 heavy (non-hydrogen) atoms. The molecule has 0 amide bonds. The Morgan fingerprint density at radius 1 is 1.28 bits per heavy atom. The molecule has 1 N–H and O–H groups in total. The van der Waals surface area contributed by atoms with E-state index in [2.05, 4.69) is 4.98 Å². The summed E-state index contributed by atoms with van der Waals surface area (Å²) < 4.78 is 5.28. The van der Waals surface area contributed by atoms with E-state index in [9.17, 15) is 5.11 Å². The number of para-hydroxylation sites is 1. The zero-order valence-corrected chi connectivity index (χ0v) is 10.6. The van der Waals surface area contributed by atoms with Crippen molar-refractivity contribution >= 4 is 0 Å². The maximum Gasteiger partial charge on any atom is 0.122 e. The Morgan fingerprint density at radius 3 is 2.78 bits per heavy atom. The van der Waals surface area contributed by atoms with Gasteiger partial charge in [0, 0.05) is 18.3 Å². The second-order valence-electron chi connectivity index (χ2n) is 4.26. The predicted octanol–water partition coefficient (Wildman–Crippen LogP) is 2.67. The molecule has 0 saturated heterocycles. The van der Waals surface area contributed by atoms with Gasteiger partial charge in [-0.05, 0) is 36.2 Å². The van der Waals surface area contributed by atoms with Gasteiger partial charge in [-0.3, -0.25) is 4.98 Å². The van der Waals surface area contributed by atoms with Crippen LogP contribution in [0.4, 0.5) is 0 Å². The summed E-state index contributed by atoms with van der Waals surface area (Å²) >= 11 is 0. The van der Waals surface area contributed by atoms with Crippen molar-refractivity contribution in [3.8, 4) is 5.75 Å². The highest BCUT2D eigenvalue weighted by atomic mass is 16.5. The van der Waals surface area contributed by atoms with E-state index in [1.165, 1.54) is 0 Å². The molecular formula is C15H17NO2. The molecule has 0 aliphatic rings. The molecule has 3 nitrogen and oxygen atoms in total. The minimum atomic E-state index is -0.539. The summed E-state index contributed by atoms with van der Waals surface area (Å²) in [4.78, 5) is 4.13. The number of ether oxygens (including phenoxy) is 1. The number of nitrogens with zero attached hydrogens (tertiary/aromatic N) is 1. The van der Waals surface area contributed by atoms with Gasteiger partial charge in [-0.1, -0.05) is 18.2 Å². The first-order valence-corrected chi connectivity index (χ1v) is 5.93. The first-order valence-electron chi connectivity index (χ1n) is 5.93. The van der Waals surface area contributed by atoms with Gasteiger partial charge < -0.3 is 9.84 Å². The fourth-order valence-electron chi connectivity index (χ4n) is 1.97. The maximum atomic E-state index is 10.2. The van der Waals surface area contributed by atoms with Crippen LogP contribution in [0.2, 0.25) is 0 Å². The minimum Gasteiger partial charge on any atom is -0.496 e. The second-order valence-corrected chi connectivity index (χ2v) is 4.26. The van der Waals surface area contributed by atoms with Crippen molar-refractivity contribution in [2.75, 3.05) is 7.11 Å². The summed E-state index contributed by atoms with van der Waals surface area (Å²) in [6.07, 6.45) is 1.71. The number of methoxy groups -OCH3 is 1. The number of aliphatic hydroxyl groups excluding tert-OH is 1. The topological polar surface area (TPSA) is 42.4 Å². The molecule has 1 aromatic heterocycles. The zero-order valence-electron chi connectivity index (χ0n) is 10.6. The Labute approximate surface area is 107 Å². The Kier molecular flexibility index (Phi) is 3.95. The molecular weight excluding hydrogens is 226 g/mol. The Balaban J connectivity index is 2.18. The fraction of sp³-hybridized carbons (Fsp3) is 0.267. The van der Waals surface area contributed by atoms with Gasteiger partial charge in [-0.25, -0.2) is 0 Å². The van der Waals surface area contributed by atoms with E-state index in [1.807, 2.05) is 43.3 Å². The highest BCUT2D eigenvalue weighted by Gasteiger charge is 2.11. The molecule has 0 radical (unpaired) electrons. The summed E-state index contributed by atoms with van der Waals surface area (Å²) in [6, 6.07) is 11.5. The van der Waals surface area contributed by atoms with Gasteiger partial charge in [0.2, 0.25) is 0 Å². The van der Waals surface area contributed by atoms with Crippen LogP contribution in [-0.4, -0.2) is 17.2 Å². The quantitative estimate of drug-likeness (QED) is 0.897. The average Bonchev–Trinajstić information content (AvgIpc) is 2.39. The third-order valence-electron chi connectivity index (χ3n) is 2.91. The van der Waals surface area contributed by atoms with E-state index in [4.69, 9.17) is 4.74 Å². The molecule has 2 aromatic rings. The number of pyridine rings is 1. The molecule has 94 valence electrons. The number of aromatic nitrogens is 1. The fourth-order valence-corrected chi connectivity index (χ4v) is 1.97. The summed E-state index contributed by atoms with van der Waals surface area (Å²) in [7, 11) is 1.64. The SMILES string of the molecule is COc1ccccc1CC(O)c1ccnc(C)c1. The first kappa shape index (κ1) is 12.6. The van der Waals surface area contributed by atoms with Crippen molar-refractivity contribution in [2.24, 2.45) is 0 Å². The van der Waals surface area contributed by atoms with Crippen LogP contribution in [0.15, 0.2) is 42.6 Å². The number of hydrogen-bond donors (Lipinski definition) is 1. The summed E-state index contributed by atoms with van der Waals surface area (Å²) in [5.74, 6) is 0.808. The third kappa shape index (κ3) is 2.87. The normalized spacial score (nSPS) is 12.2. The molecule has 3 heteroatoms. The van der Waals surface area contributed by atoms with E-state index in [0.717, 1.165) is 22.6 Å². The van der Waals surface area contributed by atoms with Gasteiger partial charge in [-0.2, -0.15) is 0 Å². The number of hydrogen-bond acceptors (Lipinski definition) is 3. The molecule has 0 aliphatic heterocycles. The van der Waals surface area contributed by atoms with Crippen molar-refractivity contribution in [1.82, 2.24) is 4.98 Å². The van der Waals surface area contributed by atoms with E-state index in [-0.39, 0.29) is 0 Å². The van der Waals surface area contributed by atoms with Crippen molar-refractivity contribution < 1.29 is 9.84 Å². The monoisotopic (exact) mass is 243 g/mol. The first-order chi connectivity index (χ1) is 8.70. The van der Waals surface area contributed by atoms with Crippen molar-refractivity contribution in [2.45, 2.75) is 19.4 Å². The second kappa shape index (κ2) is 5.65. The van der Waals surface area contributed by atoms with Crippen LogP contribution in [0.1, 0.15) is 22.9 Å². The molecule has 0 fully saturated rings. The van der Waals surface area contributed by atoms with Gasteiger partial charge in [0.05, 0.1) is 13.2 Å². The van der Waals surface area contributed by atoms with Gasteiger partial charge in [-0.15, -0.1) is 0 Å². The molecule has 1 unspecified atom stereocenters. The van der Waals surface area contributed by atoms with Crippen LogP contribution >= 0.6 is 0 Å². The minimum absolute atomic E-state index is 0.535.